The fourth-order valence-electron chi connectivity index (χ4n) is 4.09. The summed E-state index contributed by atoms with van der Waals surface area (Å²) in [6.45, 7) is 0.507. The molecule has 2 fully saturated rings. The number of nitrogens with zero attached hydrogens (tertiary/aromatic N) is 2. The molecule has 0 saturated carbocycles. The Kier molecular flexibility index (Phi) is 7.02. The molecule has 2 aliphatic heterocycles. The van der Waals surface area contributed by atoms with E-state index in [1.165, 1.54) is 19.1 Å². The van der Waals surface area contributed by atoms with E-state index in [1.807, 2.05) is 30.5 Å². The van der Waals surface area contributed by atoms with E-state index in [-0.39, 0.29) is 37.7 Å². The lowest BCUT2D eigenvalue weighted by Gasteiger charge is -2.38. The summed E-state index contributed by atoms with van der Waals surface area (Å²) in [5.41, 5.74) is 0.752. The number of esters is 2. The van der Waals surface area contributed by atoms with Gasteiger partial charge in [-0.2, -0.15) is 0 Å². The number of ether oxygens (including phenoxy) is 2. The number of likely N-dealkylation sites (tertiary alicyclic amines) is 1. The molecule has 2 saturated heterocycles. The second-order valence-corrected chi connectivity index (χ2v) is 8.30. The molecular formula is C21H26N2O6S. The van der Waals surface area contributed by atoms with Gasteiger partial charge in [0.25, 0.3) is 0 Å². The SMILES string of the molecule is COC(=O)[C@@H]1CCN(C(=O)[C@H]2CC(=O)N(c3ccc(SC)cc3)C2)[C@@H](C(=O)OC)C1. The average Bonchev–Trinajstić information content (AvgIpc) is 3.18. The van der Waals surface area contributed by atoms with Gasteiger partial charge in [0, 0.05) is 30.1 Å². The van der Waals surface area contributed by atoms with Crippen LogP contribution in [0.4, 0.5) is 5.69 Å². The van der Waals surface area contributed by atoms with Crippen molar-refractivity contribution in [1.29, 1.82) is 0 Å². The largest absolute Gasteiger partial charge is 0.469 e. The Morgan fingerprint density at radius 3 is 2.30 bits per heavy atom. The first-order chi connectivity index (χ1) is 14.4. The second kappa shape index (κ2) is 9.51. The van der Waals surface area contributed by atoms with E-state index in [2.05, 4.69) is 0 Å². The molecule has 0 spiro atoms. The lowest BCUT2D eigenvalue weighted by Crippen LogP contribution is -2.53. The number of thioether (sulfide) groups is 1. The molecule has 8 nitrogen and oxygen atoms in total. The summed E-state index contributed by atoms with van der Waals surface area (Å²) in [4.78, 5) is 54.2. The van der Waals surface area contributed by atoms with Crippen LogP contribution in [0.2, 0.25) is 0 Å². The standard InChI is InChI=1S/C21H26N2O6S/c1-28-20(26)13-8-9-22(17(10-13)21(27)29-2)19(25)14-11-18(24)23(12-14)15-4-6-16(30-3)7-5-15/h4-7,13-14,17H,8-12H2,1-3H3/t13-,14+,17-/m1/s1. The van der Waals surface area contributed by atoms with Gasteiger partial charge in [-0.15, -0.1) is 11.8 Å². The van der Waals surface area contributed by atoms with Gasteiger partial charge in [0.2, 0.25) is 11.8 Å². The molecule has 0 N–H and O–H groups in total. The van der Waals surface area contributed by atoms with Crippen LogP contribution in [-0.4, -0.2) is 68.3 Å². The summed E-state index contributed by atoms with van der Waals surface area (Å²) in [6, 6.07) is 6.76. The van der Waals surface area contributed by atoms with Crippen LogP contribution in [0.15, 0.2) is 29.2 Å². The number of benzene rings is 1. The predicted octanol–water partition coefficient (Wildman–Crippen LogP) is 1.71. The molecule has 1 aromatic rings. The molecule has 2 amide bonds. The molecular weight excluding hydrogens is 408 g/mol. The molecule has 3 rings (SSSR count). The van der Waals surface area contributed by atoms with E-state index in [1.54, 1.807) is 16.7 Å². The highest BCUT2D eigenvalue weighted by Gasteiger charge is 2.44. The van der Waals surface area contributed by atoms with Gasteiger partial charge in [0.15, 0.2) is 0 Å². The van der Waals surface area contributed by atoms with Gasteiger partial charge in [-0.3, -0.25) is 14.4 Å². The molecule has 0 aromatic heterocycles. The summed E-state index contributed by atoms with van der Waals surface area (Å²) in [6.07, 6.45) is 2.64. The Morgan fingerprint density at radius 1 is 1.03 bits per heavy atom. The highest BCUT2D eigenvalue weighted by Crippen LogP contribution is 2.31. The first kappa shape index (κ1) is 22.1. The van der Waals surface area contributed by atoms with Gasteiger partial charge < -0.3 is 19.3 Å². The Morgan fingerprint density at radius 2 is 1.70 bits per heavy atom. The van der Waals surface area contributed by atoms with Gasteiger partial charge in [-0.05, 0) is 43.4 Å². The molecule has 0 unspecified atom stereocenters. The van der Waals surface area contributed by atoms with Gasteiger partial charge in [0.05, 0.1) is 26.1 Å². The van der Waals surface area contributed by atoms with Crippen LogP contribution in [0.25, 0.3) is 0 Å². The van der Waals surface area contributed by atoms with Crippen LogP contribution >= 0.6 is 11.8 Å². The van der Waals surface area contributed by atoms with Crippen LogP contribution in [-0.2, 0) is 28.7 Å². The maximum absolute atomic E-state index is 13.2. The molecule has 162 valence electrons. The normalized spacial score (nSPS) is 24.0. The van der Waals surface area contributed by atoms with Crippen molar-refractivity contribution < 1.29 is 28.7 Å². The summed E-state index contributed by atoms with van der Waals surface area (Å²) < 4.78 is 9.66. The van der Waals surface area contributed by atoms with Crippen molar-refractivity contribution in [3.63, 3.8) is 0 Å². The molecule has 0 aliphatic carbocycles. The van der Waals surface area contributed by atoms with E-state index in [0.29, 0.717) is 6.42 Å². The highest BCUT2D eigenvalue weighted by atomic mass is 32.2. The Balaban J connectivity index is 1.73. The van der Waals surface area contributed by atoms with Crippen molar-refractivity contribution in [3.05, 3.63) is 24.3 Å². The van der Waals surface area contributed by atoms with Crippen LogP contribution in [0.5, 0.6) is 0 Å². The number of piperidine rings is 1. The van der Waals surface area contributed by atoms with Gasteiger partial charge in [-0.1, -0.05) is 0 Å². The maximum atomic E-state index is 13.2. The summed E-state index contributed by atoms with van der Waals surface area (Å²) >= 11 is 1.61. The topological polar surface area (TPSA) is 93.2 Å². The zero-order valence-corrected chi connectivity index (χ0v) is 18.1. The fourth-order valence-corrected chi connectivity index (χ4v) is 4.50. The zero-order valence-electron chi connectivity index (χ0n) is 17.3. The second-order valence-electron chi connectivity index (χ2n) is 7.42. The lowest BCUT2D eigenvalue weighted by molar-refractivity contribution is -0.161. The van der Waals surface area contributed by atoms with E-state index in [4.69, 9.17) is 9.47 Å². The highest BCUT2D eigenvalue weighted by molar-refractivity contribution is 7.98. The molecule has 2 aliphatic rings. The smallest absolute Gasteiger partial charge is 0.328 e. The quantitative estimate of drug-likeness (QED) is 0.514. The first-order valence-corrected chi connectivity index (χ1v) is 11.0. The van der Waals surface area contributed by atoms with Crippen molar-refractivity contribution in [2.24, 2.45) is 11.8 Å². The summed E-state index contributed by atoms with van der Waals surface area (Å²) in [7, 11) is 2.56. The molecule has 30 heavy (non-hydrogen) atoms. The lowest BCUT2D eigenvalue weighted by atomic mass is 9.89. The van der Waals surface area contributed by atoms with Gasteiger partial charge in [-0.25, -0.2) is 4.79 Å². The number of rotatable bonds is 5. The fraction of sp³-hybridized carbons (Fsp3) is 0.524. The first-order valence-electron chi connectivity index (χ1n) is 9.80. The number of amides is 2. The van der Waals surface area contributed by atoms with Crippen molar-refractivity contribution in [2.45, 2.75) is 30.2 Å². The van der Waals surface area contributed by atoms with Crippen molar-refractivity contribution in [2.75, 3.05) is 38.5 Å². The monoisotopic (exact) mass is 434 g/mol. The maximum Gasteiger partial charge on any atom is 0.328 e. The molecule has 9 heteroatoms. The number of methoxy groups -OCH3 is 2. The Bertz CT molecular complexity index is 827. The Hall–Kier alpha value is -2.55. The number of carbonyl (C=O) groups is 4. The third kappa shape index (κ3) is 4.45. The molecule has 2 heterocycles. The van der Waals surface area contributed by atoms with E-state index in [9.17, 15) is 19.2 Å². The van der Waals surface area contributed by atoms with Crippen LogP contribution in [0, 0.1) is 11.8 Å². The average molecular weight is 435 g/mol. The van der Waals surface area contributed by atoms with Gasteiger partial charge in [0.1, 0.15) is 6.04 Å². The summed E-state index contributed by atoms with van der Waals surface area (Å²) in [5.74, 6) is -2.34. The van der Waals surface area contributed by atoms with Crippen LogP contribution in [0.3, 0.4) is 0 Å². The number of hydrogen-bond acceptors (Lipinski definition) is 7. The molecule has 0 bridgehead atoms. The van der Waals surface area contributed by atoms with E-state index in [0.717, 1.165) is 10.6 Å². The number of carbonyl (C=O) groups excluding carboxylic acids is 4. The minimum atomic E-state index is -0.856. The van der Waals surface area contributed by atoms with Crippen molar-refractivity contribution >= 4 is 41.2 Å². The number of anilines is 1. The minimum Gasteiger partial charge on any atom is -0.469 e. The molecule has 3 atom stereocenters. The third-order valence-electron chi connectivity index (χ3n) is 5.75. The minimum absolute atomic E-state index is 0.0912. The Labute approximate surface area is 179 Å². The van der Waals surface area contributed by atoms with E-state index >= 15 is 0 Å². The molecule has 0 radical (unpaired) electrons. The molecule has 1 aromatic carbocycles. The zero-order chi connectivity index (χ0) is 21.8. The van der Waals surface area contributed by atoms with Crippen molar-refractivity contribution in [3.8, 4) is 0 Å². The predicted molar refractivity (Wildman–Crippen MR) is 111 cm³/mol. The third-order valence-corrected chi connectivity index (χ3v) is 6.50. The summed E-state index contributed by atoms with van der Waals surface area (Å²) in [5, 5.41) is 0. The van der Waals surface area contributed by atoms with E-state index < -0.39 is 29.8 Å². The van der Waals surface area contributed by atoms with Gasteiger partial charge >= 0.3 is 11.9 Å². The van der Waals surface area contributed by atoms with Crippen LogP contribution in [0.1, 0.15) is 19.3 Å². The number of hydrogen-bond donors (Lipinski definition) is 0. The van der Waals surface area contributed by atoms with Crippen molar-refractivity contribution in [1.82, 2.24) is 4.90 Å². The van der Waals surface area contributed by atoms with Crippen LogP contribution < -0.4 is 4.90 Å².